The van der Waals surface area contributed by atoms with Crippen molar-refractivity contribution in [3.63, 3.8) is 0 Å². The number of hydrogen-bond acceptors (Lipinski definition) is 2. The van der Waals surface area contributed by atoms with Gasteiger partial charge in [-0.3, -0.25) is 0 Å². The van der Waals surface area contributed by atoms with Crippen LogP contribution in [-0.4, -0.2) is 16.2 Å². The maximum atomic E-state index is 10.3. The largest absolute Gasteiger partial charge is 0.507 e. The van der Waals surface area contributed by atoms with Gasteiger partial charge in [0.1, 0.15) is 11.3 Å². The fraction of sp³-hybridized carbons (Fsp3) is 0.308. The summed E-state index contributed by atoms with van der Waals surface area (Å²) in [6.07, 6.45) is 5.72. The second-order valence-corrected chi connectivity index (χ2v) is 3.25. The number of carboxylic acids is 1. The van der Waals surface area contributed by atoms with Crippen molar-refractivity contribution in [3.05, 3.63) is 42.5 Å². The highest BCUT2D eigenvalue weighted by molar-refractivity contribution is 5.90. The molecule has 0 saturated carbocycles. The highest BCUT2D eigenvalue weighted by Crippen LogP contribution is 2.14. The Bertz CT molecular complexity index is 332. The average molecular weight is 222 g/mol. The quantitative estimate of drug-likeness (QED) is 0.606. The minimum Gasteiger partial charge on any atom is -0.507 e. The van der Waals surface area contributed by atoms with Crippen molar-refractivity contribution >= 4 is 5.97 Å². The molecule has 0 unspecified atom stereocenters. The zero-order chi connectivity index (χ0) is 12.4. The highest BCUT2D eigenvalue weighted by Gasteiger charge is 2.05. The summed E-state index contributed by atoms with van der Waals surface area (Å²) in [5.41, 5.74) is -0.0671. The zero-order valence-electron chi connectivity index (χ0n) is 9.52. The van der Waals surface area contributed by atoms with Crippen molar-refractivity contribution in [2.24, 2.45) is 0 Å². The van der Waals surface area contributed by atoms with E-state index in [2.05, 4.69) is 13.5 Å². The molecule has 88 valence electrons. The SMILES string of the molecule is C=CCCCC.O=C(O)c1ccccc1O. The average Bonchev–Trinajstić information content (AvgIpc) is 2.27. The number of aromatic hydroxyl groups is 1. The van der Waals surface area contributed by atoms with Crippen LogP contribution in [0.4, 0.5) is 0 Å². The molecule has 0 aromatic heterocycles. The van der Waals surface area contributed by atoms with E-state index in [9.17, 15) is 4.79 Å². The molecule has 1 aromatic carbocycles. The van der Waals surface area contributed by atoms with Crippen molar-refractivity contribution < 1.29 is 15.0 Å². The third-order valence-corrected chi connectivity index (χ3v) is 1.90. The van der Waals surface area contributed by atoms with Crippen LogP contribution in [0.2, 0.25) is 0 Å². The fourth-order valence-electron chi connectivity index (χ4n) is 1.00. The Balaban J connectivity index is 0.000000325. The van der Waals surface area contributed by atoms with E-state index in [1.165, 1.54) is 31.4 Å². The molecule has 16 heavy (non-hydrogen) atoms. The highest BCUT2D eigenvalue weighted by atomic mass is 16.4. The van der Waals surface area contributed by atoms with Crippen LogP contribution >= 0.6 is 0 Å². The number of allylic oxidation sites excluding steroid dienone is 1. The zero-order valence-corrected chi connectivity index (χ0v) is 9.52. The van der Waals surface area contributed by atoms with Crippen molar-refractivity contribution in [2.75, 3.05) is 0 Å². The maximum Gasteiger partial charge on any atom is 0.339 e. The first-order chi connectivity index (χ1) is 7.63. The molecule has 3 heteroatoms. The van der Waals surface area contributed by atoms with E-state index in [4.69, 9.17) is 10.2 Å². The van der Waals surface area contributed by atoms with E-state index in [0.29, 0.717) is 0 Å². The summed E-state index contributed by atoms with van der Waals surface area (Å²) in [5.74, 6) is -1.31. The number of rotatable bonds is 4. The van der Waals surface area contributed by atoms with E-state index < -0.39 is 5.97 Å². The van der Waals surface area contributed by atoms with Crippen LogP contribution in [-0.2, 0) is 0 Å². The molecule has 3 nitrogen and oxygen atoms in total. The molecule has 2 N–H and O–H groups in total. The van der Waals surface area contributed by atoms with Gasteiger partial charge in [0.2, 0.25) is 0 Å². The summed E-state index contributed by atoms with van der Waals surface area (Å²) in [4.78, 5) is 10.3. The molecule has 0 bridgehead atoms. The number of hydrogen-bond donors (Lipinski definition) is 2. The number of para-hydroxylation sites is 1. The summed E-state index contributed by atoms with van der Waals surface area (Å²) in [6.45, 7) is 5.78. The van der Waals surface area contributed by atoms with Crippen LogP contribution < -0.4 is 0 Å². The van der Waals surface area contributed by atoms with Crippen molar-refractivity contribution in [1.82, 2.24) is 0 Å². The van der Waals surface area contributed by atoms with E-state index in [-0.39, 0.29) is 11.3 Å². The van der Waals surface area contributed by atoms with Crippen molar-refractivity contribution in [1.29, 1.82) is 0 Å². The second kappa shape index (κ2) is 8.53. The van der Waals surface area contributed by atoms with Gasteiger partial charge in [0, 0.05) is 0 Å². The molecule has 0 aliphatic rings. The van der Waals surface area contributed by atoms with Gasteiger partial charge in [0.15, 0.2) is 0 Å². The molecule has 0 aliphatic carbocycles. The van der Waals surface area contributed by atoms with Gasteiger partial charge in [-0.15, -0.1) is 6.58 Å². The fourth-order valence-corrected chi connectivity index (χ4v) is 1.00. The molecule has 0 heterocycles. The van der Waals surface area contributed by atoms with Gasteiger partial charge in [-0.1, -0.05) is 38.0 Å². The molecule has 0 amide bonds. The lowest BCUT2D eigenvalue weighted by Crippen LogP contribution is -1.95. The van der Waals surface area contributed by atoms with Crippen LogP contribution in [0, 0.1) is 0 Å². The lowest BCUT2D eigenvalue weighted by molar-refractivity contribution is 0.0694. The van der Waals surface area contributed by atoms with Gasteiger partial charge in [-0.2, -0.15) is 0 Å². The number of phenols is 1. The van der Waals surface area contributed by atoms with Crippen molar-refractivity contribution in [3.8, 4) is 5.75 Å². The third kappa shape index (κ3) is 5.86. The lowest BCUT2D eigenvalue weighted by Gasteiger charge is -1.95. The van der Waals surface area contributed by atoms with Crippen LogP contribution in [0.5, 0.6) is 5.75 Å². The summed E-state index contributed by atoms with van der Waals surface area (Å²) < 4.78 is 0. The van der Waals surface area contributed by atoms with Gasteiger partial charge >= 0.3 is 5.97 Å². The van der Waals surface area contributed by atoms with E-state index in [0.717, 1.165) is 0 Å². The molecule has 0 spiro atoms. The molecule has 0 saturated heterocycles. The number of unbranched alkanes of at least 4 members (excludes halogenated alkanes) is 2. The Morgan fingerprint density at radius 1 is 1.44 bits per heavy atom. The summed E-state index contributed by atoms with van der Waals surface area (Å²) in [7, 11) is 0. The van der Waals surface area contributed by atoms with Crippen LogP contribution in [0.15, 0.2) is 36.9 Å². The monoisotopic (exact) mass is 222 g/mol. The predicted octanol–water partition coefficient (Wildman–Crippen LogP) is 3.45. The smallest absolute Gasteiger partial charge is 0.339 e. The Morgan fingerprint density at radius 2 is 2.06 bits per heavy atom. The van der Waals surface area contributed by atoms with E-state index in [1.807, 2.05) is 6.08 Å². The maximum absolute atomic E-state index is 10.3. The Kier molecular flexibility index (Phi) is 7.59. The van der Waals surface area contributed by atoms with Gasteiger partial charge < -0.3 is 10.2 Å². The van der Waals surface area contributed by atoms with Crippen LogP contribution in [0.25, 0.3) is 0 Å². The summed E-state index contributed by atoms with van der Waals surface area (Å²) >= 11 is 0. The molecule has 0 aliphatic heterocycles. The Morgan fingerprint density at radius 3 is 2.38 bits per heavy atom. The molecule has 1 rings (SSSR count). The topological polar surface area (TPSA) is 57.5 Å². The molecular formula is C13H18O3. The first kappa shape index (κ1) is 14.2. The van der Waals surface area contributed by atoms with Crippen molar-refractivity contribution in [2.45, 2.75) is 26.2 Å². The lowest BCUT2D eigenvalue weighted by atomic mass is 10.2. The number of carbonyl (C=O) groups is 1. The molecule has 0 radical (unpaired) electrons. The van der Waals surface area contributed by atoms with E-state index in [1.54, 1.807) is 12.1 Å². The van der Waals surface area contributed by atoms with Gasteiger partial charge in [0.05, 0.1) is 0 Å². The predicted molar refractivity (Wildman–Crippen MR) is 64.8 cm³/mol. The third-order valence-electron chi connectivity index (χ3n) is 1.90. The molecule has 0 fully saturated rings. The Hall–Kier alpha value is -1.77. The van der Waals surface area contributed by atoms with Crippen LogP contribution in [0.3, 0.4) is 0 Å². The van der Waals surface area contributed by atoms with Crippen LogP contribution in [0.1, 0.15) is 36.5 Å². The Labute approximate surface area is 96.1 Å². The number of benzene rings is 1. The molecular weight excluding hydrogens is 204 g/mol. The standard InChI is InChI=1S/C7H6O3.C6H12/c8-6-4-2-1-3-5(6)7(9)10;1-3-5-6-4-2/h1-4,8H,(H,9,10);3H,1,4-6H2,2H3. The van der Waals surface area contributed by atoms with Gasteiger partial charge in [0.25, 0.3) is 0 Å². The second-order valence-electron chi connectivity index (χ2n) is 3.25. The number of carboxylic acid groups (broad SMARTS) is 1. The van der Waals surface area contributed by atoms with E-state index >= 15 is 0 Å². The summed E-state index contributed by atoms with van der Waals surface area (Å²) in [5, 5.41) is 17.3. The number of aromatic carboxylic acids is 1. The molecule has 0 atom stereocenters. The normalized spacial score (nSPS) is 8.81. The first-order valence-corrected chi connectivity index (χ1v) is 5.25. The van der Waals surface area contributed by atoms with Gasteiger partial charge in [-0.05, 0) is 18.6 Å². The summed E-state index contributed by atoms with van der Waals surface area (Å²) in [6, 6.07) is 5.81. The minimum absolute atomic E-state index is 0.0671. The van der Waals surface area contributed by atoms with Gasteiger partial charge in [-0.25, -0.2) is 4.79 Å². The molecule has 1 aromatic rings. The minimum atomic E-state index is -1.11. The first-order valence-electron chi connectivity index (χ1n) is 5.25.